The van der Waals surface area contributed by atoms with Crippen molar-refractivity contribution in [2.45, 2.75) is 13.0 Å². The number of halogens is 1. The summed E-state index contributed by atoms with van der Waals surface area (Å²) in [5.41, 5.74) is 0. The number of hydrogen-bond acceptors (Lipinski definition) is 3. The number of nitrogens with zero attached hydrogens (tertiary/aromatic N) is 1. The Morgan fingerprint density at radius 1 is 1.64 bits per heavy atom. The fourth-order valence-corrected chi connectivity index (χ4v) is 1.64. The SMILES string of the molecule is CC(CCl)CNCC1CN(C)CCO1. The van der Waals surface area contributed by atoms with Crippen LogP contribution < -0.4 is 5.32 Å². The Kier molecular flexibility index (Phi) is 5.78. The Labute approximate surface area is 91.7 Å². The zero-order valence-corrected chi connectivity index (χ0v) is 9.89. The van der Waals surface area contributed by atoms with E-state index in [0.717, 1.165) is 38.7 Å². The predicted molar refractivity (Wildman–Crippen MR) is 60.0 cm³/mol. The van der Waals surface area contributed by atoms with Gasteiger partial charge in [-0.3, -0.25) is 0 Å². The maximum absolute atomic E-state index is 5.72. The second-order valence-electron chi connectivity index (χ2n) is 4.17. The molecule has 2 unspecified atom stereocenters. The maximum atomic E-state index is 5.72. The number of likely N-dealkylation sites (N-methyl/N-ethyl adjacent to an activating group) is 1. The molecule has 0 aliphatic carbocycles. The van der Waals surface area contributed by atoms with Crippen LogP contribution in [0.5, 0.6) is 0 Å². The lowest BCUT2D eigenvalue weighted by molar-refractivity contribution is -0.0182. The Balaban J connectivity index is 2.05. The summed E-state index contributed by atoms with van der Waals surface area (Å²) in [4.78, 5) is 2.31. The molecule has 4 heteroatoms. The van der Waals surface area contributed by atoms with Gasteiger partial charge in [-0.05, 0) is 19.5 Å². The van der Waals surface area contributed by atoms with Gasteiger partial charge in [-0.15, -0.1) is 11.6 Å². The van der Waals surface area contributed by atoms with Crippen LogP contribution in [0.4, 0.5) is 0 Å². The highest BCUT2D eigenvalue weighted by Gasteiger charge is 2.16. The van der Waals surface area contributed by atoms with Crippen LogP contribution in [0.25, 0.3) is 0 Å². The van der Waals surface area contributed by atoms with Gasteiger partial charge in [0.15, 0.2) is 0 Å². The molecule has 1 aliphatic rings. The molecule has 14 heavy (non-hydrogen) atoms. The lowest BCUT2D eigenvalue weighted by atomic mass is 10.2. The molecule has 2 atom stereocenters. The second kappa shape index (κ2) is 6.62. The van der Waals surface area contributed by atoms with Gasteiger partial charge in [-0.25, -0.2) is 0 Å². The fraction of sp³-hybridized carbons (Fsp3) is 1.00. The Morgan fingerprint density at radius 2 is 2.43 bits per heavy atom. The molecule has 1 heterocycles. The maximum Gasteiger partial charge on any atom is 0.0826 e. The number of nitrogens with one attached hydrogen (secondary N) is 1. The zero-order valence-electron chi connectivity index (χ0n) is 9.13. The number of morpholine rings is 1. The minimum Gasteiger partial charge on any atom is -0.374 e. The van der Waals surface area contributed by atoms with Crippen molar-refractivity contribution in [2.24, 2.45) is 5.92 Å². The minimum absolute atomic E-state index is 0.344. The molecule has 0 aromatic carbocycles. The third kappa shape index (κ3) is 4.60. The van der Waals surface area contributed by atoms with Crippen LogP contribution in [0.3, 0.4) is 0 Å². The van der Waals surface area contributed by atoms with Crippen molar-refractivity contribution in [1.29, 1.82) is 0 Å². The van der Waals surface area contributed by atoms with Crippen LogP contribution in [0, 0.1) is 5.92 Å². The summed E-state index contributed by atoms with van der Waals surface area (Å²) in [6.07, 6.45) is 0.344. The lowest BCUT2D eigenvalue weighted by Crippen LogP contribution is -2.45. The topological polar surface area (TPSA) is 24.5 Å². The van der Waals surface area contributed by atoms with Crippen molar-refractivity contribution >= 4 is 11.6 Å². The number of alkyl halides is 1. The molecule has 0 radical (unpaired) electrons. The van der Waals surface area contributed by atoms with E-state index in [-0.39, 0.29) is 0 Å². The van der Waals surface area contributed by atoms with Crippen LogP contribution in [-0.2, 0) is 4.74 Å². The average molecular weight is 221 g/mol. The van der Waals surface area contributed by atoms with Crippen LogP contribution >= 0.6 is 11.6 Å². The van der Waals surface area contributed by atoms with Gasteiger partial charge >= 0.3 is 0 Å². The molecule has 3 nitrogen and oxygen atoms in total. The van der Waals surface area contributed by atoms with Gasteiger partial charge in [-0.2, -0.15) is 0 Å². The van der Waals surface area contributed by atoms with Crippen LogP contribution in [0.1, 0.15) is 6.92 Å². The fourth-order valence-electron chi connectivity index (χ4n) is 1.54. The summed E-state index contributed by atoms with van der Waals surface area (Å²) in [6.45, 7) is 7.00. The summed E-state index contributed by atoms with van der Waals surface area (Å²) in [5, 5.41) is 3.39. The summed E-state index contributed by atoms with van der Waals surface area (Å²) in [5.74, 6) is 1.26. The highest BCUT2D eigenvalue weighted by molar-refractivity contribution is 6.18. The number of rotatable bonds is 5. The third-order valence-corrected chi connectivity index (χ3v) is 3.00. The first-order chi connectivity index (χ1) is 6.72. The van der Waals surface area contributed by atoms with Crippen molar-refractivity contribution < 1.29 is 4.74 Å². The van der Waals surface area contributed by atoms with Gasteiger partial charge in [0.1, 0.15) is 0 Å². The summed E-state index contributed by atoms with van der Waals surface area (Å²) >= 11 is 5.72. The van der Waals surface area contributed by atoms with Crippen LogP contribution in [0.15, 0.2) is 0 Å². The molecule has 1 rings (SSSR count). The standard InChI is InChI=1S/C10H21ClN2O/c1-9(5-11)6-12-7-10-8-13(2)3-4-14-10/h9-10,12H,3-8H2,1-2H3. The molecule has 0 saturated carbocycles. The quantitative estimate of drug-likeness (QED) is 0.694. The van der Waals surface area contributed by atoms with Gasteiger partial charge in [0.25, 0.3) is 0 Å². The van der Waals surface area contributed by atoms with Crippen molar-refractivity contribution in [1.82, 2.24) is 10.2 Å². The van der Waals surface area contributed by atoms with Crippen molar-refractivity contribution in [2.75, 3.05) is 45.7 Å². The van der Waals surface area contributed by atoms with Crippen LogP contribution in [-0.4, -0.2) is 56.7 Å². The largest absolute Gasteiger partial charge is 0.374 e. The molecule has 1 aliphatic heterocycles. The average Bonchev–Trinajstić information content (AvgIpc) is 2.17. The van der Waals surface area contributed by atoms with Crippen LogP contribution in [0.2, 0.25) is 0 Å². The Bertz CT molecular complexity index is 157. The van der Waals surface area contributed by atoms with Gasteiger partial charge in [0, 0.05) is 25.5 Å². The van der Waals surface area contributed by atoms with Gasteiger partial charge < -0.3 is 15.0 Å². The van der Waals surface area contributed by atoms with E-state index in [2.05, 4.69) is 24.2 Å². The van der Waals surface area contributed by atoms with E-state index in [1.54, 1.807) is 0 Å². The first kappa shape index (κ1) is 12.2. The Morgan fingerprint density at radius 3 is 3.07 bits per heavy atom. The monoisotopic (exact) mass is 220 g/mol. The van der Waals surface area contributed by atoms with E-state index in [0.29, 0.717) is 12.0 Å². The van der Waals surface area contributed by atoms with Crippen molar-refractivity contribution in [3.8, 4) is 0 Å². The van der Waals surface area contributed by atoms with E-state index in [4.69, 9.17) is 16.3 Å². The van der Waals surface area contributed by atoms with Gasteiger partial charge in [-0.1, -0.05) is 6.92 Å². The molecule has 0 aromatic heterocycles. The molecule has 0 bridgehead atoms. The molecular weight excluding hydrogens is 200 g/mol. The summed E-state index contributed by atoms with van der Waals surface area (Å²) in [7, 11) is 2.14. The van der Waals surface area contributed by atoms with Crippen molar-refractivity contribution in [3.63, 3.8) is 0 Å². The molecule has 1 saturated heterocycles. The summed E-state index contributed by atoms with van der Waals surface area (Å²) < 4.78 is 5.63. The Hall–Kier alpha value is 0.170. The van der Waals surface area contributed by atoms with Crippen molar-refractivity contribution in [3.05, 3.63) is 0 Å². The van der Waals surface area contributed by atoms with Gasteiger partial charge in [0.2, 0.25) is 0 Å². The third-order valence-electron chi connectivity index (χ3n) is 2.47. The lowest BCUT2D eigenvalue weighted by Gasteiger charge is -2.30. The van der Waals surface area contributed by atoms with E-state index < -0.39 is 0 Å². The molecule has 0 amide bonds. The normalized spacial score (nSPS) is 26.4. The smallest absolute Gasteiger partial charge is 0.0826 e. The molecule has 0 spiro atoms. The van der Waals surface area contributed by atoms with Gasteiger partial charge in [0.05, 0.1) is 12.7 Å². The molecule has 84 valence electrons. The number of hydrogen-bond donors (Lipinski definition) is 1. The minimum atomic E-state index is 0.344. The van der Waals surface area contributed by atoms with E-state index in [9.17, 15) is 0 Å². The zero-order chi connectivity index (χ0) is 10.4. The van der Waals surface area contributed by atoms with E-state index in [1.165, 1.54) is 0 Å². The highest BCUT2D eigenvalue weighted by Crippen LogP contribution is 2.02. The molecular formula is C10H21ClN2O. The highest BCUT2D eigenvalue weighted by atomic mass is 35.5. The second-order valence-corrected chi connectivity index (χ2v) is 4.48. The predicted octanol–water partition coefficient (Wildman–Crippen LogP) is 0.781. The van der Waals surface area contributed by atoms with E-state index >= 15 is 0 Å². The molecule has 1 fully saturated rings. The first-order valence-corrected chi connectivity index (χ1v) is 5.82. The summed E-state index contributed by atoms with van der Waals surface area (Å²) in [6, 6.07) is 0. The first-order valence-electron chi connectivity index (χ1n) is 5.29. The molecule has 1 N–H and O–H groups in total. The molecule has 0 aromatic rings. The van der Waals surface area contributed by atoms with E-state index in [1.807, 2.05) is 0 Å². The number of ether oxygens (including phenoxy) is 1.